The number of nitrogens with one attached hydrogen (secondary N) is 1. The Morgan fingerprint density at radius 2 is 1.90 bits per heavy atom. The fourth-order valence-electron chi connectivity index (χ4n) is 3.56. The molecule has 1 heterocycles. The van der Waals surface area contributed by atoms with Crippen LogP contribution in [0.3, 0.4) is 0 Å². The van der Waals surface area contributed by atoms with Crippen LogP contribution in [0.1, 0.15) is 27.8 Å². The number of anilines is 1. The van der Waals surface area contributed by atoms with Crippen LogP contribution in [-0.4, -0.2) is 29.3 Å². The van der Waals surface area contributed by atoms with Crippen LogP contribution in [0, 0.1) is 20.8 Å². The van der Waals surface area contributed by atoms with Crippen molar-refractivity contribution in [3.05, 3.63) is 76.6 Å². The van der Waals surface area contributed by atoms with Crippen LogP contribution in [0.5, 0.6) is 0 Å². The Morgan fingerprint density at radius 1 is 1.14 bits per heavy atom. The van der Waals surface area contributed by atoms with E-state index >= 15 is 0 Å². The number of nitrogens with zero attached hydrogens (tertiary/aromatic N) is 2. The minimum atomic E-state index is -3.89. The van der Waals surface area contributed by atoms with E-state index < -0.39 is 16.0 Å². The maximum Gasteiger partial charge on any atom is 0.307 e. The van der Waals surface area contributed by atoms with Gasteiger partial charge in [0.25, 0.3) is 10.0 Å². The van der Waals surface area contributed by atoms with Crippen molar-refractivity contribution in [3.8, 4) is 0 Å². The first-order valence-electron chi connectivity index (χ1n) is 9.08. The first-order valence-corrected chi connectivity index (χ1v) is 10.6. The van der Waals surface area contributed by atoms with E-state index in [4.69, 9.17) is 0 Å². The zero-order valence-electron chi connectivity index (χ0n) is 16.5. The number of hydrogen-bond acceptors (Lipinski definition) is 4. The van der Waals surface area contributed by atoms with Crippen molar-refractivity contribution in [1.29, 1.82) is 0 Å². The number of benzene rings is 2. The van der Waals surface area contributed by atoms with Crippen molar-refractivity contribution >= 4 is 21.7 Å². The molecule has 0 fully saturated rings. The van der Waals surface area contributed by atoms with Gasteiger partial charge in [0, 0.05) is 18.1 Å². The molecule has 2 N–H and O–H groups in total. The topological polar surface area (TPSA) is 101 Å². The van der Waals surface area contributed by atoms with E-state index in [1.54, 1.807) is 55.9 Å². The average molecular weight is 413 g/mol. The number of sulfonamides is 1. The molecule has 0 atom stereocenters. The predicted molar refractivity (Wildman–Crippen MR) is 111 cm³/mol. The van der Waals surface area contributed by atoms with E-state index in [0.29, 0.717) is 28.9 Å². The lowest BCUT2D eigenvalue weighted by Crippen LogP contribution is -2.18. The standard InChI is InChI=1S/C21H23N3O4S/c1-14-10-15(2)21(16(3)19(14)12-20(25)26)29(27,28)23-18-7-4-6-17(11-18)13-24-9-5-8-22-24/h4-11,23H,12-13H2,1-3H3,(H,25,26). The molecule has 3 aromatic rings. The molecule has 3 rings (SSSR count). The van der Waals surface area contributed by atoms with Gasteiger partial charge in [-0.2, -0.15) is 5.10 Å². The summed E-state index contributed by atoms with van der Waals surface area (Å²) in [6.07, 6.45) is 3.30. The normalized spacial score (nSPS) is 11.4. The van der Waals surface area contributed by atoms with Crippen LogP contribution < -0.4 is 4.72 Å². The van der Waals surface area contributed by atoms with Crippen LogP contribution in [0.2, 0.25) is 0 Å². The van der Waals surface area contributed by atoms with E-state index in [0.717, 1.165) is 11.1 Å². The predicted octanol–water partition coefficient (Wildman–Crippen LogP) is 3.28. The summed E-state index contributed by atoms with van der Waals surface area (Å²) in [6, 6.07) is 10.7. The maximum absolute atomic E-state index is 13.1. The third-order valence-electron chi connectivity index (χ3n) is 4.74. The van der Waals surface area contributed by atoms with Crippen molar-refractivity contribution < 1.29 is 18.3 Å². The van der Waals surface area contributed by atoms with Crippen LogP contribution in [-0.2, 0) is 27.8 Å². The van der Waals surface area contributed by atoms with Crippen LogP contribution in [0.25, 0.3) is 0 Å². The molecule has 29 heavy (non-hydrogen) atoms. The fraction of sp³-hybridized carbons (Fsp3) is 0.238. The summed E-state index contributed by atoms with van der Waals surface area (Å²) in [4.78, 5) is 11.3. The Bertz CT molecular complexity index is 1150. The summed E-state index contributed by atoms with van der Waals surface area (Å²) in [5, 5.41) is 13.3. The molecule has 0 aliphatic heterocycles. The monoisotopic (exact) mass is 413 g/mol. The molecule has 0 saturated carbocycles. The van der Waals surface area contributed by atoms with Gasteiger partial charge in [-0.05, 0) is 66.8 Å². The number of carboxylic acid groups (broad SMARTS) is 1. The molecule has 0 aliphatic rings. The van der Waals surface area contributed by atoms with Gasteiger partial charge in [-0.3, -0.25) is 14.2 Å². The lowest BCUT2D eigenvalue weighted by Gasteiger charge is -2.18. The highest BCUT2D eigenvalue weighted by atomic mass is 32.2. The highest BCUT2D eigenvalue weighted by molar-refractivity contribution is 7.92. The Kier molecular flexibility index (Phi) is 5.74. The number of carboxylic acids is 1. The number of aliphatic carboxylic acids is 1. The largest absolute Gasteiger partial charge is 0.481 e. The van der Waals surface area contributed by atoms with Crippen molar-refractivity contribution in [3.63, 3.8) is 0 Å². The van der Waals surface area contributed by atoms with Crippen molar-refractivity contribution in [2.24, 2.45) is 0 Å². The zero-order valence-corrected chi connectivity index (χ0v) is 17.3. The van der Waals surface area contributed by atoms with Gasteiger partial charge in [0.1, 0.15) is 0 Å². The summed E-state index contributed by atoms with van der Waals surface area (Å²) in [5.74, 6) is -0.998. The molecule has 0 radical (unpaired) electrons. The van der Waals surface area contributed by atoms with E-state index in [-0.39, 0.29) is 11.3 Å². The van der Waals surface area contributed by atoms with Gasteiger partial charge in [-0.25, -0.2) is 8.42 Å². The molecule has 152 valence electrons. The first kappa shape index (κ1) is 20.6. The van der Waals surface area contributed by atoms with Gasteiger partial charge < -0.3 is 5.11 Å². The van der Waals surface area contributed by atoms with Crippen LogP contribution >= 0.6 is 0 Å². The molecule has 2 aromatic carbocycles. The molecule has 8 heteroatoms. The van der Waals surface area contributed by atoms with Crippen LogP contribution in [0.15, 0.2) is 53.7 Å². The van der Waals surface area contributed by atoms with Gasteiger partial charge >= 0.3 is 5.97 Å². The molecule has 7 nitrogen and oxygen atoms in total. The van der Waals surface area contributed by atoms with E-state index in [2.05, 4.69) is 9.82 Å². The summed E-state index contributed by atoms with van der Waals surface area (Å²) in [6.45, 7) is 5.68. The van der Waals surface area contributed by atoms with E-state index in [1.165, 1.54) is 0 Å². The highest BCUT2D eigenvalue weighted by Crippen LogP contribution is 2.28. The number of carbonyl (C=O) groups is 1. The summed E-state index contributed by atoms with van der Waals surface area (Å²) in [7, 11) is -3.89. The van der Waals surface area contributed by atoms with Crippen LogP contribution in [0.4, 0.5) is 5.69 Å². The lowest BCUT2D eigenvalue weighted by molar-refractivity contribution is -0.136. The molecule has 0 unspecified atom stereocenters. The second-order valence-corrected chi connectivity index (χ2v) is 8.64. The van der Waals surface area contributed by atoms with Crippen molar-refractivity contribution in [1.82, 2.24) is 9.78 Å². The molecule has 1 aromatic heterocycles. The van der Waals surface area contributed by atoms with Gasteiger partial charge in [-0.1, -0.05) is 18.2 Å². The molecule has 0 aliphatic carbocycles. The minimum Gasteiger partial charge on any atom is -0.481 e. The molecular weight excluding hydrogens is 390 g/mol. The second kappa shape index (κ2) is 8.08. The number of hydrogen-bond donors (Lipinski definition) is 2. The lowest BCUT2D eigenvalue weighted by atomic mass is 9.97. The fourth-order valence-corrected chi connectivity index (χ4v) is 5.11. The maximum atomic E-state index is 13.1. The van der Waals surface area contributed by atoms with Crippen molar-refractivity contribution in [2.45, 2.75) is 38.6 Å². The number of aryl methyl sites for hydroxylation is 2. The summed E-state index contributed by atoms with van der Waals surface area (Å²) >= 11 is 0. The Hall–Kier alpha value is -3.13. The average Bonchev–Trinajstić information content (AvgIpc) is 3.10. The highest BCUT2D eigenvalue weighted by Gasteiger charge is 2.23. The Balaban J connectivity index is 1.95. The van der Waals surface area contributed by atoms with Gasteiger partial charge in [0.15, 0.2) is 0 Å². The first-order chi connectivity index (χ1) is 13.7. The number of rotatable bonds is 7. The third-order valence-corrected chi connectivity index (χ3v) is 6.41. The van der Waals surface area contributed by atoms with Gasteiger partial charge in [-0.15, -0.1) is 0 Å². The molecule has 0 saturated heterocycles. The summed E-state index contributed by atoms with van der Waals surface area (Å²) < 4.78 is 30.7. The zero-order chi connectivity index (χ0) is 21.2. The Labute approximate surface area is 170 Å². The smallest absolute Gasteiger partial charge is 0.307 e. The molecular formula is C21H23N3O4S. The second-order valence-electron chi connectivity index (χ2n) is 7.02. The minimum absolute atomic E-state index is 0.122. The SMILES string of the molecule is Cc1cc(C)c(S(=O)(=O)Nc2cccc(Cn3cccn3)c2)c(C)c1CC(=O)O. The third kappa shape index (κ3) is 4.65. The molecule has 0 amide bonds. The van der Waals surface area contributed by atoms with E-state index in [1.807, 2.05) is 18.3 Å². The molecule has 0 spiro atoms. The van der Waals surface area contributed by atoms with Gasteiger partial charge in [0.05, 0.1) is 17.9 Å². The summed E-state index contributed by atoms with van der Waals surface area (Å²) in [5.41, 5.74) is 3.67. The number of aromatic nitrogens is 2. The van der Waals surface area contributed by atoms with Crippen molar-refractivity contribution in [2.75, 3.05) is 4.72 Å². The van der Waals surface area contributed by atoms with Gasteiger partial charge in [0.2, 0.25) is 0 Å². The quantitative estimate of drug-likeness (QED) is 0.619. The Morgan fingerprint density at radius 3 is 2.55 bits per heavy atom. The van der Waals surface area contributed by atoms with E-state index in [9.17, 15) is 18.3 Å². The molecule has 0 bridgehead atoms.